The van der Waals surface area contributed by atoms with Gasteiger partial charge < -0.3 is 34.0 Å². The molecule has 1 aliphatic rings. The standard InChI is InChI=1S/C20H30N5O10P/c1-13(2)34-18(26)29-10-32-36(28,33-11-30-19(27)35-14(3)4)12-31-20(5-6-20)8-25-9-23-15-7-22-17(21)24-16(15)25/h7,9,13-14H,5-6,8,10-12H2,1-4H3,(H2,21,22,24). The molecule has 1 aliphatic carbocycles. The Hall–Kier alpha value is -3.00. The molecule has 0 aromatic carbocycles. The number of hydrogen-bond acceptors (Lipinski definition) is 14. The molecule has 36 heavy (non-hydrogen) atoms. The minimum atomic E-state index is -4.06. The van der Waals surface area contributed by atoms with Gasteiger partial charge in [-0.15, -0.1) is 0 Å². The lowest BCUT2D eigenvalue weighted by Crippen LogP contribution is -2.24. The fourth-order valence-corrected chi connectivity index (χ4v) is 3.95. The zero-order chi connectivity index (χ0) is 26.3. The summed E-state index contributed by atoms with van der Waals surface area (Å²) in [7, 11) is -4.06. The number of carbonyl (C=O) groups is 2. The lowest BCUT2D eigenvalue weighted by Gasteiger charge is -2.22. The summed E-state index contributed by atoms with van der Waals surface area (Å²) in [6.45, 7) is 5.41. The SMILES string of the molecule is CC(C)OC(=O)OCOP(=O)(COC1(Cn2cnc3cnc(N)nc32)CC1)OCOC(=O)OC(C)C. The number of fused-ring (bicyclic) bond motifs is 1. The average molecular weight is 531 g/mol. The topological polar surface area (TPSA) is 185 Å². The van der Waals surface area contributed by atoms with E-state index in [0.717, 1.165) is 0 Å². The molecule has 15 nitrogen and oxygen atoms in total. The highest BCUT2D eigenvalue weighted by molar-refractivity contribution is 7.53. The van der Waals surface area contributed by atoms with Crippen LogP contribution in [0, 0.1) is 0 Å². The van der Waals surface area contributed by atoms with E-state index in [9.17, 15) is 14.2 Å². The third kappa shape index (κ3) is 8.29. The van der Waals surface area contributed by atoms with Crippen LogP contribution in [-0.4, -0.2) is 69.6 Å². The van der Waals surface area contributed by atoms with Crippen molar-refractivity contribution in [3.8, 4) is 0 Å². The van der Waals surface area contributed by atoms with Crippen LogP contribution in [0.5, 0.6) is 0 Å². The fraction of sp³-hybridized carbons (Fsp3) is 0.650. The van der Waals surface area contributed by atoms with Gasteiger partial charge in [-0.25, -0.2) is 19.6 Å². The minimum absolute atomic E-state index is 0.105. The summed E-state index contributed by atoms with van der Waals surface area (Å²) in [6, 6.07) is 0. The molecule has 0 amide bonds. The molecule has 0 aliphatic heterocycles. The molecule has 0 saturated heterocycles. The molecule has 0 bridgehead atoms. The number of imidazole rings is 1. The molecule has 2 N–H and O–H groups in total. The van der Waals surface area contributed by atoms with Crippen LogP contribution in [0.1, 0.15) is 40.5 Å². The summed E-state index contributed by atoms with van der Waals surface area (Å²) in [5, 5.41) is 0. The highest BCUT2D eigenvalue weighted by atomic mass is 31.2. The number of ether oxygens (including phenoxy) is 5. The molecule has 2 aromatic heterocycles. The molecule has 200 valence electrons. The number of aromatic nitrogens is 4. The minimum Gasteiger partial charge on any atom is -0.432 e. The highest BCUT2D eigenvalue weighted by Gasteiger charge is 2.47. The van der Waals surface area contributed by atoms with Gasteiger partial charge in [0, 0.05) is 0 Å². The van der Waals surface area contributed by atoms with E-state index in [1.807, 2.05) is 0 Å². The maximum atomic E-state index is 13.3. The summed E-state index contributed by atoms with van der Waals surface area (Å²) >= 11 is 0. The number of nitrogen functional groups attached to an aromatic ring is 1. The molecule has 3 rings (SSSR count). The lowest BCUT2D eigenvalue weighted by molar-refractivity contribution is -0.0394. The monoisotopic (exact) mass is 531 g/mol. The largest absolute Gasteiger partial charge is 0.510 e. The van der Waals surface area contributed by atoms with Crippen molar-refractivity contribution in [1.29, 1.82) is 0 Å². The van der Waals surface area contributed by atoms with Crippen molar-refractivity contribution in [2.24, 2.45) is 0 Å². The van der Waals surface area contributed by atoms with Crippen molar-refractivity contribution < 1.29 is 46.9 Å². The fourth-order valence-electron chi connectivity index (χ4n) is 2.87. The van der Waals surface area contributed by atoms with E-state index in [1.165, 1.54) is 6.20 Å². The first-order chi connectivity index (χ1) is 17.0. The molecule has 0 spiro atoms. The predicted octanol–water partition coefficient (Wildman–Crippen LogP) is 3.18. The van der Waals surface area contributed by atoms with Crippen LogP contribution in [0.15, 0.2) is 12.5 Å². The van der Waals surface area contributed by atoms with Gasteiger partial charge in [-0.2, -0.15) is 4.98 Å². The van der Waals surface area contributed by atoms with Crippen LogP contribution in [0.3, 0.4) is 0 Å². The zero-order valence-electron chi connectivity index (χ0n) is 20.4. The van der Waals surface area contributed by atoms with Gasteiger partial charge in [-0.3, -0.25) is 13.6 Å². The van der Waals surface area contributed by atoms with Gasteiger partial charge in [0.25, 0.3) is 0 Å². The number of hydrogen-bond donors (Lipinski definition) is 1. The predicted molar refractivity (Wildman–Crippen MR) is 123 cm³/mol. The van der Waals surface area contributed by atoms with Crippen molar-refractivity contribution in [1.82, 2.24) is 19.5 Å². The Balaban J connectivity index is 1.60. The van der Waals surface area contributed by atoms with E-state index in [2.05, 4.69) is 15.0 Å². The Morgan fingerprint density at radius 1 is 1.06 bits per heavy atom. The Morgan fingerprint density at radius 3 is 2.17 bits per heavy atom. The van der Waals surface area contributed by atoms with Crippen LogP contribution >= 0.6 is 7.60 Å². The van der Waals surface area contributed by atoms with Gasteiger partial charge in [0.05, 0.1) is 36.9 Å². The second-order valence-corrected chi connectivity index (χ2v) is 10.5. The molecule has 0 radical (unpaired) electrons. The third-order valence-electron chi connectivity index (χ3n) is 4.69. The molecule has 1 saturated carbocycles. The number of nitrogens with two attached hydrogens (primary N) is 1. The van der Waals surface area contributed by atoms with Crippen molar-refractivity contribution in [2.45, 2.75) is 64.9 Å². The normalized spacial score (nSPS) is 14.7. The summed E-state index contributed by atoms with van der Waals surface area (Å²) in [5.74, 6) is 0.105. The van der Waals surface area contributed by atoms with Gasteiger partial charge in [-0.05, 0) is 40.5 Å². The van der Waals surface area contributed by atoms with Crippen LogP contribution in [0.4, 0.5) is 15.5 Å². The van der Waals surface area contributed by atoms with Gasteiger partial charge in [0.1, 0.15) is 11.9 Å². The molecular weight excluding hydrogens is 501 g/mol. The molecular formula is C20H30N5O10P. The Labute approximate surface area is 207 Å². The van der Waals surface area contributed by atoms with Crippen LogP contribution in [0.2, 0.25) is 0 Å². The Bertz CT molecular complexity index is 1070. The van der Waals surface area contributed by atoms with E-state index in [1.54, 1.807) is 38.6 Å². The summed E-state index contributed by atoms with van der Waals surface area (Å²) < 4.78 is 50.5. The van der Waals surface area contributed by atoms with Gasteiger partial charge >= 0.3 is 19.9 Å². The molecule has 2 aromatic rings. The maximum absolute atomic E-state index is 13.3. The van der Waals surface area contributed by atoms with Crippen LogP contribution in [-0.2, 0) is 43.8 Å². The highest BCUT2D eigenvalue weighted by Crippen LogP contribution is 2.52. The van der Waals surface area contributed by atoms with E-state index in [-0.39, 0.29) is 5.95 Å². The molecule has 1 fully saturated rings. The quantitative estimate of drug-likeness (QED) is 0.225. The van der Waals surface area contributed by atoms with Crippen molar-refractivity contribution in [2.75, 3.05) is 25.7 Å². The summed E-state index contributed by atoms with van der Waals surface area (Å²) in [4.78, 5) is 35.5. The van der Waals surface area contributed by atoms with Crippen molar-refractivity contribution in [3.63, 3.8) is 0 Å². The van der Waals surface area contributed by atoms with E-state index < -0.39 is 57.6 Å². The molecule has 0 atom stereocenters. The maximum Gasteiger partial charge on any atom is 0.510 e. The van der Waals surface area contributed by atoms with Crippen molar-refractivity contribution >= 4 is 37.0 Å². The van der Waals surface area contributed by atoms with Gasteiger partial charge in [0.15, 0.2) is 5.65 Å². The average Bonchev–Trinajstić information content (AvgIpc) is 3.44. The van der Waals surface area contributed by atoms with E-state index in [4.69, 9.17) is 38.5 Å². The van der Waals surface area contributed by atoms with Gasteiger partial charge in [0.2, 0.25) is 19.5 Å². The molecule has 16 heteroatoms. The number of rotatable bonds is 13. The van der Waals surface area contributed by atoms with Crippen molar-refractivity contribution in [3.05, 3.63) is 12.5 Å². The summed E-state index contributed by atoms with van der Waals surface area (Å²) in [6.07, 6.45) is 1.03. The third-order valence-corrected chi connectivity index (χ3v) is 6.13. The first-order valence-corrected chi connectivity index (χ1v) is 12.8. The molecule has 0 unspecified atom stereocenters. The number of anilines is 1. The van der Waals surface area contributed by atoms with Crippen LogP contribution < -0.4 is 5.73 Å². The second-order valence-electron chi connectivity index (χ2n) is 8.49. The van der Waals surface area contributed by atoms with Gasteiger partial charge in [-0.1, -0.05) is 0 Å². The van der Waals surface area contributed by atoms with E-state index in [0.29, 0.717) is 30.6 Å². The second kappa shape index (κ2) is 11.8. The van der Waals surface area contributed by atoms with Crippen LogP contribution in [0.25, 0.3) is 11.2 Å². The first kappa shape index (κ1) is 27.6. The van der Waals surface area contributed by atoms with E-state index >= 15 is 0 Å². The summed E-state index contributed by atoms with van der Waals surface area (Å²) in [5.41, 5.74) is 6.08. The Kier molecular flexibility index (Phi) is 9.06. The zero-order valence-corrected chi connectivity index (χ0v) is 21.3. The Morgan fingerprint density at radius 2 is 1.64 bits per heavy atom. The smallest absolute Gasteiger partial charge is 0.432 e. The molecule has 2 heterocycles. The number of nitrogens with zero attached hydrogens (tertiary/aromatic N) is 4. The first-order valence-electron chi connectivity index (χ1n) is 11.1. The lowest BCUT2D eigenvalue weighted by atomic mass is 10.3. The number of carbonyl (C=O) groups excluding carboxylic acids is 2.